The van der Waals surface area contributed by atoms with Crippen LogP contribution in [0.25, 0.3) is 0 Å². The van der Waals surface area contributed by atoms with Crippen LogP contribution < -0.4 is 0 Å². The van der Waals surface area contributed by atoms with E-state index in [9.17, 15) is 0 Å². The van der Waals surface area contributed by atoms with Crippen LogP contribution in [0.5, 0.6) is 0 Å². The van der Waals surface area contributed by atoms with Crippen molar-refractivity contribution in [2.75, 3.05) is 39.5 Å². The molecule has 1 aromatic rings. The SMILES string of the molecule is C/C(=C\CN1CCOCC1)COCc1ccccc1. The zero-order chi connectivity index (χ0) is 13.3. The van der Waals surface area contributed by atoms with Crippen molar-refractivity contribution in [1.29, 1.82) is 0 Å². The van der Waals surface area contributed by atoms with E-state index in [1.165, 1.54) is 11.1 Å². The summed E-state index contributed by atoms with van der Waals surface area (Å²) >= 11 is 0. The van der Waals surface area contributed by atoms with Crippen molar-refractivity contribution in [1.82, 2.24) is 4.90 Å². The first-order valence-corrected chi connectivity index (χ1v) is 6.92. The lowest BCUT2D eigenvalue weighted by Gasteiger charge is -2.25. The maximum Gasteiger partial charge on any atom is 0.0721 e. The van der Waals surface area contributed by atoms with Gasteiger partial charge in [-0.15, -0.1) is 0 Å². The van der Waals surface area contributed by atoms with E-state index < -0.39 is 0 Å². The highest BCUT2D eigenvalue weighted by Gasteiger charge is 2.08. The molecule has 0 atom stereocenters. The number of ether oxygens (including phenoxy) is 2. The third kappa shape index (κ3) is 5.55. The van der Waals surface area contributed by atoms with Crippen LogP contribution in [0.2, 0.25) is 0 Å². The lowest BCUT2D eigenvalue weighted by molar-refractivity contribution is 0.0432. The highest BCUT2D eigenvalue weighted by atomic mass is 16.5. The van der Waals surface area contributed by atoms with Gasteiger partial charge >= 0.3 is 0 Å². The summed E-state index contributed by atoms with van der Waals surface area (Å²) in [7, 11) is 0. The van der Waals surface area contributed by atoms with Crippen LogP contribution >= 0.6 is 0 Å². The molecule has 0 radical (unpaired) electrons. The van der Waals surface area contributed by atoms with E-state index in [2.05, 4.69) is 30.0 Å². The van der Waals surface area contributed by atoms with E-state index in [1.807, 2.05) is 18.2 Å². The van der Waals surface area contributed by atoms with Gasteiger partial charge in [0.15, 0.2) is 0 Å². The molecule has 0 saturated carbocycles. The first-order valence-electron chi connectivity index (χ1n) is 6.92. The average molecular weight is 261 g/mol. The maximum atomic E-state index is 5.71. The van der Waals surface area contributed by atoms with Crippen molar-refractivity contribution in [3.63, 3.8) is 0 Å². The van der Waals surface area contributed by atoms with Gasteiger partial charge in [-0.1, -0.05) is 42.0 Å². The van der Waals surface area contributed by atoms with Crippen molar-refractivity contribution < 1.29 is 9.47 Å². The van der Waals surface area contributed by atoms with Crippen molar-refractivity contribution in [3.05, 3.63) is 47.5 Å². The topological polar surface area (TPSA) is 21.7 Å². The van der Waals surface area contributed by atoms with Crippen LogP contribution in [0.1, 0.15) is 12.5 Å². The minimum atomic E-state index is 0.684. The third-order valence-corrected chi connectivity index (χ3v) is 3.24. The fourth-order valence-corrected chi connectivity index (χ4v) is 2.03. The maximum absolute atomic E-state index is 5.71. The molecule has 3 heteroatoms. The molecule has 0 N–H and O–H groups in total. The number of rotatable bonds is 6. The van der Waals surface area contributed by atoms with Crippen LogP contribution in [0.4, 0.5) is 0 Å². The molecule has 0 unspecified atom stereocenters. The number of nitrogens with zero attached hydrogens (tertiary/aromatic N) is 1. The monoisotopic (exact) mass is 261 g/mol. The normalized spacial score (nSPS) is 17.6. The Balaban J connectivity index is 1.64. The standard InChI is InChI=1S/C16H23NO2/c1-15(7-8-17-9-11-18-12-10-17)13-19-14-16-5-3-2-4-6-16/h2-7H,8-14H2,1H3/b15-7+. The highest BCUT2D eigenvalue weighted by molar-refractivity contribution is 5.13. The molecule has 0 amide bonds. The predicted octanol–water partition coefficient (Wildman–Crippen LogP) is 2.48. The van der Waals surface area contributed by atoms with E-state index in [1.54, 1.807) is 0 Å². The zero-order valence-corrected chi connectivity index (χ0v) is 11.7. The molecule has 1 aliphatic heterocycles. The summed E-state index contributed by atoms with van der Waals surface area (Å²) in [5.41, 5.74) is 2.52. The van der Waals surface area contributed by atoms with E-state index in [0.29, 0.717) is 13.2 Å². The largest absolute Gasteiger partial charge is 0.379 e. The summed E-state index contributed by atoms with van der Waals surface area (Å²) in [6, 6.07) is 10.3. The summed E-state index contributed by atoms with van der Waals surface area (Å²) in [5, 5.41) is 0. The molecular weight excluding hydrogens is 238 g/mol. The van der Waals surface area contributed by atoms with Gasteiger partial charge in [-0.05, 0) is 12.5 Å². The second-order valence-corrected chi connectivity index (χ2v) is 4.94. The summed E-state index contributed by atoms with van der Waals surface area (Å²) in [5.74, 6) is 0. The van der Waals surface area contributed by atoms with E-state index in [0.717, 1.165) is 32.8 Å². The molecule has 0 spiro atoms. The van der Waals surface area contributed by atoms with Crippen LogP contribution in [-0.4, -0.2) is 44.4 Å². The molecule has 1 aromatic carbocycles. The molecule has 19 heavy (non-hydrogen) atoms. The first kappa shape index (κ1) is 14.3. The van der Waals surface area contributed by atoms with Gasteiger partial charge in [0.25, 0.3) is 0 Å². The number of hydrogen-bond donors (Lipinski definition) is 0. The Kier molecular flexibility index (Phi) is 6.08. The lowest BCUT2D eigenvalue weighted by atomic mass is 10.2. The van der Waals surface area contributed by atoms with Crippen LogP contribution in [0.3, 0.4) is 0 Å². The van der Waals surface area contributed by atoms with Gasteiger partial charge in [0.05, 0.1) is 26.4 Å². The second-order valence-electron chi connectivity index (χ2n) is 4.94. The third-order valence-electron chi connectivity index (χ3n) is 3.24. The summed E-state index contributed by atoms with van der Waals surface area (Å²) in [6.07, 6.45) is 2.26. The Labute approximate surface area is 115 Å². The van der Waals surface area contributed by atoms with Gasteiger partial charge in [-0.2, -0.15) is 0 Å². The van der Waals surface area contributed by atoms with Gasteiger partial charge in [0, 0.05) is 19.6 Å². The van der Waals surface area contributed by atoms with Gasteiger partial charge in [-0.25, -0.2) is 0 Å². The van der Waals surface area contributed by atoms with Crippen molar-refractivity contribution in [3.8, 4) is 0 Å². The Morgan fingerprint density at radius 1 is 1.26 bits per heavy atom. The molecule has 1 fully saturated rings. The molecule has 0 aliphatic carbocycles. The van der Waals surface area contributed by atoms with Crippen molar-refractivity contribution >= 4 is 0 Å². The Morgan fingerprint density at radius 2 is 2.00 bits per heavy atom. The number of morpholine rings is 1. The lowest BCUT2D eigenvalue weighted by Crippen LogP contribution is -2.36. The fraction of sp³-hybridized carbons (Fsp3) is 0.500. The van der Waals surface area contributed by atoms with Crippen LogP contribution in [0, 0.1) is 0 Å². The minimum absolute atomic E-state index is 0.684. The molecular formula is C16H23NO2. The quantitative estimate of drug-likeness (QED) is 0.734. The number of benzene rings is 1. The van der Waals surface area contributed by atoms with Crippen LogP contribution in [0.15, 0.2) is 42.0 Å². The van der Waals surface area contributed by atoms with Crippen LogP contribution in [-0.2, 0) is 16.1 Å². The van der Waals surface area contributed by atoms with Crippen molar-refractivity contribution in [2.24, 2.45) is 0 Å². The van der Waals surface area contributed by atoms with Gasteiger partial charge in [-0.3, -0.25) is 4.90 Å². The average Bonchev–Trinajstić information content (AvgIpc) is 2.47. The van der Waals surface area contributed by atoms with E-state index in [4.69, 9.17) is 9.47 Å². The Bertz CT molecular complexity index is 383. The minimum Gasteiger partial charge on any atom is -0.379 e. The molecule has 1 heterocycles. The molecule has 0 aromatic heterocycles. The Hall–Kier alpha value is -1.16. The second kappa shape index (κ2) is 8.10. The predicted molar refractivity (Wildman–Crippen MR) is 77.1 cm³/mol. The Morgan fingerprint density at radius 3 is 2.74 bits per heavy atom. The van der Waals surface area contributed by atoms with Gasteiger partial charge in [0.1, 0.15) is 0 Å². The fourth-order valence-electron chi connectivity index (χ4n) is 2.03. The molecule has 3 nitrogen and oxygen atoms in total. The van der Waals surface area contributed by atoms with E-state index in [-0.39, 0.29) is 0 Å². The van der Waals surface area contributed by atoms with Gasteiger partial charge < -0.3 is 9.47 Å². The smallest absolute Gasteiger partial charge is 0.0721 e. The van der Waals surface area contributed by atoms with E-state index >= 15 is 0 Å². The highest BCUT2D eigenvalue weighted by Crippen LogP contribution is 2.04. The molecule has 1 saturated heterocycles. The molecule has 0 bridgehead atoms. The molecule has 104 valence electrons. The molecule has 2 rings (SSSR count). The summed E-state index contributed by atoms with van der Waals surface area (Å²) in [4.78, 5) is 2.41. The number of hydrogen-bond acceptors (Lipinski definition) is 3. The van der Waals surface area contributed by atoms with Gasteiger partial charge in [0.2, 0.25) is 0 Å². The van der Waals surface area contributed by atoms with Crippen molar-refractivity contribution in [2.45, 2.75) is 13.5 Å². The first-order chi connectivity index (χ1) is 9.34. The molecule has 1 aliphatic rings. The summed E-state index contributed by atoms with van der Waals surface area (Å²) in [6.45, 7) is 8.32. The summed E-state index contributed by atoms with van der Waals surface area (Å²) < 4.78 is 11.0. The zero-order valence-electron chi connectivity index (χ0n) is 11.7.